The zero-order valence-corrected chi connectivity index (χ0v) is 12.8. The van der Waals surface area contributed by atoms with Crippen LogP contribution in [0.25, 0.3) is 0 Å². The predicted octanol–water partition coefficient (Wildman–Crippen LogP) is 2.09. The Balaban J connectivity index is 2.82. The predicted molar refractivity (Wildman–Crippen MR) is 82.5 cm³/mol. The molecule has 0 fully saturated rings. The van der Waals surface area contributed by atoms with Gasteiger partial charge in [0.15, 0.2) is 0 Å². The molecule has 6 heteroatoms. The van der Waals surface area contributed by atoms with Gasteiger partial charge >= 0.3 is 0 Å². The Morgan fingerprint density at radius 3 is 2.30 bits per heavy atom. The number of hydrogen-bond acceptors (Lipinski definition) is 6. The normalized spacial score (nSPS) is 12.8. The molecule has 0 radical (unpaired) electrons. The van der Waals surface area contributed by atoms with Crippen LogP contribution in [0, 0.1) is 5.92 Å². The Labute approximate surface area is 121 Å². The molecular weight excluding hydrogens is 254 g/mol. The first kappa shape index (κ1) is 16.7. The van der Waals surface area contributed by atoms with Crippen molar-refractivity contribution in [3.8, 4) is 0 Å². The first-order chi connectivity index (χ1) is 9.54. The van der Waals surface area contributed by atoms with Crippen molar-refractivity contribution in [3.05, 3.63) is 11.9 Å². The molecule has 0 aliphatic rings. The Kier molecular flexibility index (Phi) is 6.67. The van der Waals surface area contributed by atoms with Crippen molar-refractivity contribution in [1.82, 2.24) is 9.97 Å². The molecule has 0 spiro atoms. The zero-order chi connectivity index (χ0) is 15.1. The highest BCUT2D eigenvalue weighted by molar-refractivity contribution is 5.58. The average Bonchev–Trinajstić information content (AvgIpc) is 2.45. The Morgan fingerprint density at radius 2 is 1.80 bits per heavy atom. The highest BCUT2D eigenvalue weighted by Crippen LogP contribution is 2.27. The monoisotopic (exact) mass is 281 g/mol. The van der Waals surface area contributed by atoms with E-state index in [0.717, 1.165) is 24.2 Å². The minimum Gasteiger partial charge on any atom is -0.391 e. The second-order valence-corrected chi connectivity index (χ2v) is 5.31. The van der Waals surface area contributed by atoms with E-state index in [1.54, 1.807) is 0 Å². The molecule has 1 atom stereocenters. The third-order valence-electron chi connectivity index (χ3n) is 3.67. The highest BCUT2D eigenvalue weighted by atomic mass is 16.3. The largest absolute Gasteiger partial charge is 0.391 e. The summed E-state index contributed by atoms with van der Waals surface area (Å²) >= 11 is 0. The number of nitrogens with zero attached hydrogens (tertiary/aromatic N) is 2. The number of nitrogens with two attached hydrogens (primary N) is 1. The SMILES string of the molecule is CCC(CC)C(O)CNc1ncnc(NN)c1C(C)C. The number of nitrogen functional groups attached to an aromatic ring is 1. The molecule has 0 amide bonds. The molecule has 0 aliphatic heterocycles. The summed E-state index contributed by atoms with van der Waals surface area (Å²) in [5.41, 5.74) is 3.53. The van der Waals surface area contributed by atoms with E-state index in [9.17, 15) is 5.11 Å². The van der Waals surface area contributed by atoms with Gasteiger partial charge in [0.1, 0.15) is 18.0 Å². The first-order valence-corrected chi connectivity index (χ1v) is 7.28. The number of nitrogens with one attached hydrogen (secondary N) is 2. The second-order valence-electron chi connectivity index (χ2n) is 5.31. The van der Waals surface area contributed by atoms with E-state index in [0.29, 0.717) is 18.3 Å². The van der Waals surface area contributed by atoms with Crippen molar-refractivity contribution >= 4 is 11.6 Å². The van der Waals surface area contributed by atoms with Crippen molar-refractivity contribution in [3.63, 3.8) is 0 Å². The van der Waals surface area contributed by atoms with Crippen LogP contribution in [-0.2, 0) is 0 Å². The van der Waals surface area contributed by atoms with E-state index in [1.165, 1.54) is 6.33 Å². The van der Waals surface area contributed by atoms with Crippen molar-refractivity contribution < 1.29 is 5.11 Å². The van der Waals surface area contributed by atoms with Crippen LogP contribution in [0.1, 0.15) is 52.0 Å². The lowest BCUT2D eigenvalue weighted by atomic mass is 9.96. The van der Waals surface area contributed by atoms with Crippen molar-refractivity contribution in [2.75, 3.05) is 17.3 Å². The van der Waals surface area contributed by atoms with Crippen LogP contribution in [-0.4, -0.2) is 27.7 Å². The molecule has 1 heterocycles. The first-order valence-electron chi connectivity index (χ1n) is 7.28. The van der Waals surface area contributed by atoms with Crippen LogP contribution >= 0.6 is 0 Å². The summed E-state index contributed by atoms with van der Waals surface area (Å²) in [7, 11) is 0. The minimum absolute atomic E-state index is 0.232. The lowest BCUT2D eigenvalue weighted by molar-refractivity contribution is 0.114. The van der Waals surface area contributed by atoms with Gasteiger partial charge < -0.3 is 15.8 Å². The van der Waals surface area contributed by atoms with Crippen LogP contribution in [0.3, 0.4) is 0 Å². The van der Waals surface area contributed by atoms with Gasteiger partial charge in [-0.3, -0.25) is 0 Å². The molecule has 1 unspecified atom stereocenters. The zero-order valence-electron chi connectivity index (χ0n) is 12.8. The van der Waals surface area contributed by atoms with Crippen molar-refractivity contribution in [2.24, 2.45) is 11.8 Å². The quantitative estimate of drug-likeness (QED) is 0.430. The van der Waals surface area contributed by atoms with Gasteiger partial charge in [-0.15, -0.1) is 0 Å². The molecule has 1 rings (SSSR count). The number of anilines is 2. The van der Waals surface area contributed by atoms with E-state index in [2.05, 4.69) is 48.4 Å². The summed E-state index contributed by atoms with van der Waals surface area (Å²) < 4.78 is 0. The van der Waals surface area contributed by atoms with E-state index < -0.39 is 0 Å². The molecule has 1 aromatic rings. The highest BCUT2D eigenvalue weighted by Gasteiger charge is 2.18. The smallest absolute Gasteiger partial charge is 0.148 e. The fourth-order valence-electron chi connectivity index (χ4n) is 2.40. The van der Waals surface area contributed by atoms with Gasteiger partial charge in [0.25, 0.3) is 0 Å². The molecule has 20 heavy (non-hydrogen) atoms. The number of aliphatic hydroxyl groups is 1. The van der Waals surface area contributed by atoms with Gasteiger partial charge in [-0.2, -0.15) is 0 Å². The van der Waals surface area contributed by atoms with Gasteiger partial charge in [0, 0.05) is 12.1 Å². The van der Waals surface area contributed by atoms with Crippen molar-refractivity contribution in [2.45, 2.75) is 52.6 Å². The van der Waals surface area contributed by atoms with E-state index in [4.69, 9.17) is 5.84 Å². The summed E-state index contributed by atoms with van der Waals surface area (Å²) in [4.78, 5) is 8.39. The van der Waals surface area contributed by atoms with Gasteiger partial charge in [0.2, 0.25) is 0 Å². The maximum absolute atomic E-state index is 10.2. The molecule has 0 saturated heterocycles. The Hall–Kier alpha value is -1.40. The molecule has 114 valence electrons. The topological polar surface area (TPSA) is 96.1 Å². The van der Waals surface area contributed by atoms with Crippen LogP contribution in [0.5, 0.6) is 0 Å². The molecular formula is C14H27N5O. The fraction of sp³-hybridized carbons (Fsp3) is 0.714. The van der Waals surface area contributed by atoms with Crippen LogP contribution in [0.4, 0.5) is 11.6 Å². The summed E-state index contributed by atoms with van der Waals surface area (Å²) in [6.45, 7) is 8.79. The van der Waals surface area contributed by atoms with E-state index >= 15 is 0 Å². The average molecular weight is 281 g/mol. The number of aliphatic hydroxyl groups excluding tert-OH is 1. The standard InChI is InChI=1S/C14H27N5O/c1-5-10(6-2)11(20)7-16-13-12(9(3)4)14(19-15)18-8-17-13/h8-11,20H,5-7,15H2,1-4H3,(H2,16,17,18,19). The summed E-state index contributed by atoms with van der Waals surface area (Å²) in [6.07, 6.45) is 3.02. The molecule has 1 aromatic heterocycles. The van der Waals surface area contributed by atoms with Crippen molar-refractivity contribution in [1.29, 1.82) is 0 Å². The summed E-state index contributed by atoms with van der Waals surface area (Å²) in [5.74, 6) is 7.37. The van der Waals surface area contributed by atoms with E-state index in [1.807, 2.05) is 0 Å². The minimum atomic E-state index is -0.380. The van der Waals surface area contributed by atoms with Crippen LogP contribution in [0.2, 0.25) is 0 Å². The second kappa shape index (κ2) is 8.01. The van der Waals surface area contributed by atoms with Gasteiger partial charge in [-0.1, -0.05) is 40.5 Å². The maximum atomic E-state index is 10.2. The molecule has 0 saturated carbocycles. The van der Waals surface area contributed by atoms with Gasteiger partial charge in [-0.05, 0) is 11.8 Å². The third kappa shape index (κ3) is 4.05. The number of rotatable bonds is 8. The lowest BCUT2D eigenvalue weighted by Gasteiger charge is -2.22. The lowest BCUT2D eigenvalue weighted by Crippen LogP contribution is -2.28. The molecule has 0 bridgehead atoms. The Bertz CT molecular complexity index is 407. The van der Waals surface area contributed by atoms with Crippen LogP contribution in [0.15, 0.2) is 6.33 Å². The molecule has 0 aromatic carbocycles. The number of aromatic nitrogens is 2. The van der Waals surface area contributed by atoms with Gasteiger partial charge in [-0.25, -0.2) is 15.8 Å². The molecule has 0 aliphatic carbocycles. The van der Waals surface area contributed by atoms with E-state index in [-0.39, 0.29) is 12.0 Å². The fourth-order valence-corrected chi connectivity index (χ4v) is 2.40. The van der Waals surface area contributed by atoms with Gasteiger partial charge in [0.05, 0.1) is 6.10 Å². The number of hydrazine groups is 1. The molecule has 5 N–H and O–H groups in total. The Morgan fingerprint density at radius 1 is 1.20 bits per heavy atom. The summed E-state index contributed by atoms with van der Waals surface area (Å²) in [5, 5.41) is 13.4. The molecule has 6 nitrogen and oxygen atoms in total. The number of hydrogen-bond donors (Lipinski definition) is 4. The summed E-state index contributed by atoms with van der Waals surface area (Å²) in [6, 6.07) is 0. The third-order valence-corrected chi connectivity index (χ3v) is 3.67. The maximum Gasteiger partial charge on any atom is 0.148 e. The van der Waals surface area contributed by atoms with Crippen LogP contribution < -0.4 is 16.6 Å².